The second kappa shape index (κ2) is 9.13. The topological polar surface area (TPSA) is 21.7 Å². The van der Waals surface area contributed by atoms with E-state index in [0.29, 0.717) is 31.3 Å². The zero-order valence-corrected chi connectivity index (χ0v) is 12.3. The highest BCUT2D eigenvalue weighted by Gasteiger charge is 2.11. The zero-order valence-electron chi connectivity index (χ0n) is 11.5. The molecule has 0 unspecified atom stereocenters. The molecule has 1 aromatic rings. The Morgan fingerprint density at radius 2 is 1.89 bits per heavy atom. The molecule has 0 spiro atoms. The van der Waals surface area contributed by atoms with Crippen molar-refractivity contribution in [2.75, 3.05) is 45.4 Å². The van der Waals surface area contributed by atoms with E-state index in [-0.39, 0.29) is 5.82 Å². The first-order chi connectivity index (χ1) is 9.22. The Balaban J connectivity index is 2.77. The van der Waals surface area contributed by atoms with Crippen LogP contribution in [0.1, 0.15) is 12.0 Å². The van der Waals surface area contributed by atoms with Crippen LogP contribution in [0.5, 0.6) is 0 Å². The molecule has 5 heteroatoms. The van der Waals surface area contributed by atoms with Crippen LogP contribution in [0.25, 0.3) is 0 Å². The van der Waals surface area contributed by atoms with Gasteiger partial charge in [-0.05, 0) is 24.1 Å². The smallest absolute Gasteiger partial charge is 0.146 e. The number of halogens is 2. The third-order valence-electron chi connectivity index (χ3n) is 2.85. The summed E-state index contributed by atoms with van der Waals surface area (Å²) in [5.74, 6) is 0.0746. The van der Waals surface area contributed by atoms with Crippen LogP contribution < -0.4 is 4.90 Å². The predicted octanol–water partition coefficient (Wildman–Crippen LogP) is 3.05. The van der Waals surface area contributed by atoms with E-state index in [4.69, 9.17) is 21.1 Å². The summed E-state index contributed by atoms with van der Waals surface area (Å²) in [6, 6.07) is 5.11. The molecule has 0 saturated carbocycles. The van der Waals surface area contributed by atoms with E-state index in [9.17, 15) is 4.39 Å². The normalized spacial score (nSPS) is 10.7. The average Bonchev–Trinajstić information content (AvgIpc) is 2.43. The van der Waals surface area contributed by atoms with E-state index in [0.717, 1.165) is 18.5 Å². The second-order valence-electron chi connectivity index (χ2n) is 4.25. The van der Waals surface area contributed by atoms with Crippen LogP contribution in [0.3, 0.4) is 0 Å². The summed E-state index contributed by atoms with van der Waals surface area (Å²) in [6.45, 7) is 2.60. The maximum Gasteiger partial charge on any atom is 0.146 e. The van der Waals surface area contributed by atoms with Gasteiger partial charge in [-0.25, -0.2) is 4.39 Å². The monoisotopic (exact) mass is 289 g/mol. The maximum absolute atomic E-state index is 14.1. The van der Waals surface area contributed by atoms with E-state index < -0.39 is 0 Å². The first-order valence-electron chi connectivity index (χ1n) is 6.30. The molecule has 108 valence electrons. The van der Waals surface area contributed by atoms with Crippen LogP contribution in [-0.4, -0.2) is 40.5 Å². The number of anilines is 1. The van der Waals surface area contributed by atoms with Gasteiger partial charge in [0.1, 0.15) is 5.82 Å². The minimum absolute atomic E-state index is 0.244. The Morgan fingerprint density at radius 1 is 1.16 bits per heavy atom. The molecule has 0 heterocycles. The molecule has 0 saturated heterocycles. The molecule has 0 aliphatic carbocycles. The lowest BCUT2D eigenvalue weighted by Crippen LogP contribution is -2.29. The summed E-state index contributed by atoms with van der Waals surface area (Å²) < 4.78 is 24.1. The molecule has 0 bridgehead atoms. The Kier molecular flexibility index (Phi) is 7.79. The van der Waals surface area contributed by atoms with Gasteiger partial charge in [0.2, 0.25) is 0 Å². The van der Waals surface area contributed by atoms with Gasteiger partial charge in [-0.2, -0.15) is 0 Å². The van der Waals surface area contributed by atoms with Gasteiger partial charge in [0.25, 0.3) is 0 Å². The SMILES string of the molecule is COCCCN(CCOC)c1ccc(CCl)cc1F. The fraction of sp³-hybridized carbons (Fsp3) is 0.571. The summed E-state index contributed by atoms with van der Waals surface area (Å²) in [7, 11) is 3.30. The molecule has 0 atom stereocenters. The minimum Gasteiger partial charge on any atom is -0.385 e. The molecular weight excluding hydrogens is 269 g/mol. The lowest BCUT2D eigenvalue weighted by atomic mass is 10.2. The van der Waals surface area contributed by atoms with Crippen molar-refractivity contribution in [3.63, 3.8) is 0 Å². The predicted molar refractivity (Wildman–Crippen MR) is 76.5 cm³/mol. The van der Waals surface area contributed by atoms with E-state index in [2.05, 4.69) is 0 Å². The van der Waals surface area contributed by atoms with E-state index in [1.54, 1.807) is 20.3 Å². The van der Waals surface area contributed by atoms with Crippen molar-refractivity contribution in [1.82, 2.24) is 0 Å². The van der Waals surface area contributed by atoms with Crippen molar-refractivity contribution in [1.29, 1.82) is 0 Å². The lowest BCUT2D eigenvalue weighted by molar-refractivity contribution is 0.191. The first-order valence-corrected chi connectivity index (χ1v) is 6.83. The average molecular weight is 290 g/mol. The third-order valence-corrected chi connectivity index (χ3v) is 3.16. The molecule has 0 radical (unpaired) electrons. The van der Waals surface area contributed by atoms with Gasteiger partial charge in [-0.15, -0.1) is 11.6 Å². The zero-order chi connectivity index (χ0) is 14.1. The molecule has 0 N–H and O–H groups in total. The number of hydrogen-bond acceptors (Lipinski definition) is 3. The number of alkyl halides is 1. The molecule has 1 aromatic carbocycles. The van der Waals surface area contributed by atoms with Crippen LogP contribution in [0.4, 0.5) is 10.1 Å². The van der Waals surface area contributed by atoms with Crippen LogP contribution in [-0.2, 0) is 15.4 Å². The van der Waals surface area contributed by atoms with Gasteiger partial charge in [0, 0.05) is 39.8 Å². The Hall–Kier alpha value is -0.840. The number of benzene rings is 1. The molecule has 0 aliphatic heterocycles. The highest BCUT2D eigenvalue weighted by molar-refractivity contribution is 6.17. The van der Waals surface area contributed by atoms with Crippen molar-refractivity contribution in [2.24, 2.45) is 0 Å². The summed E-state index contributed by atoms with van der Waals surface area (Å²) in [5.41, 5.74) is 1.37. The van der Waals surface area contributed by atoms with E-state index in [1.165, 1.54) is 6.07 Å². The van der Waals surface area contributed by atoms with Gasteiger partial charge in [-0.3, -0.25) is 0 Å². The molecule has 1 rings (SSSR count). The Bertz CT molecular complexity index is 376. The Labute approximate surface area is 119 Å². The van der Waals surface area contributed by atoms with Crippen molar-refractivity contribution >= 4 is 17.3 Å². The summed E-state index contributed by atoms with van der Waals surface area (Å²) in [5, 5.41) is 0. The minimum atomic E-state index is -0.244. The molecule has 19 heavy (non-hydrogen) atoms. The fourth-order valence-electron chi connectivity index (χ4n) is 1.84. The largest absolute Gasteiger partial charge is 0.385 e. The highest BCUT2D eigenvalue weighted by atomic mass is 35.5. The summed E-state index contributed by atoms with van der Waals surface area (Å²) >= 11 is 5.70. The van der Waals surface area contributed by atoms with Gasteiger partial charge in [0.05, 0.1) is 12.3 Å². The standard InChI is InChI=1S/C14H21ClFNO2/c1-18-8-3-6-17(7-9-19-2)14-5-4-12(11-15)10-13(14)16/h4-5,10H,3,6-9,11H2,1-2H3. The van der Waals surface area contributed by atoms with E-state index >= 15 is 0 Å². The van der Waals surface area contributed by atoms with Crippen molar-refractivity contribution in [3.8, 4) is 0 Å². The summed E-state index contributed by atoms with van der Waals surface area (Å²) in [6.07, 6.45) is 0.844. The number of nitrogens with zero attached hydrogens (tertiary/aromatic N) is 1. The fourth-order valence-corrected chi connectivity index (χ4v) is 2.01. The number of ether oxygens (including phenoxy) is 2. The van der Waals surface area contributed by atoms with Crippen LogP contribution >= 0.6 is 11.6 Å². The maximum atomic E-state index is 14.1. The van der Waals surface area contributed by atoms with Gasteiger partial charge >= 0.3 is 0 Å². The van der Waals surface area contributed by atoms with Gasteiger partial charge in [-0.1, -0.05) is 6.07 Å². The van der Waals surface area contributed by atoms with Gasteiger partial charge < -0.3 is 14.4 Å². The molecule has 0 fully saturated rings. The summed E-state index contributed by atoms with van der Waals surface area (Å²) in [4.78, 5) is 1.97. The number of rotatable bonds is 9. The van der Waals surface area contributed by atoms with Crippen LogP contribution in [0.15, 0.2) is 18.2 Å². The molecule has 0 aliphatic rings. The van der Waals surface area contributed by atoms with Crippen LogP contribution in [0, 0.1) is 5.82 Å². The van der Waals surface area contributed by atoms with Crippen molar-refractivity contribution < 1.29 is 13.9 Å². The second-order valence-corrected chi connectivity index (χ2v) is 4.51. The number of hydrogen-bond donors (Lipinski definition) is 0. The van der Waals surface area contributed by atoms with Crippen molar-refractivity contribution in [2.45, 2.75) is 12.3 Å². The number of methoxy groups -OCH3 is 2. The van der Waals surface area contributed by atoms with Crippen molar-refractivity contribution in [3.05, 3.63) is 29.6 Å². The van der Waals surface area contributed by atoms with Crippen LogP contribution in [0.2, 0.25) is 0 Å². The highest BCUT2D eigenvalue weighted by Crippen LogP contribution is 2.21. The molecule has 3 nitrogen and oxygen atoms in total. The third kappa shape index (κ3) is 5.35. The molecule has 0 amide bonds. The van der Waals surface area contributed by atoms with Gasteiger partial charge in [0.15, 0.2) is 0 Å². The molecule has 0 aromatic heterocycles. The quantitative estimate of drug-likeness (QED) is 0.515. The first kappa shape index (κ1) is 16.2. The van der Waals surface area contributed by atoms with E-state index in [1.807, 2.05) is 11.0 Å². The molecular formula is C14H21ClFNO2. The lowest BCUT2D eigenvalue weighted by Gasteiger charge is -2.25. The Morgan fingerprint density at radius 3 is 2.47 bits per heavy atom.